The highest BCUT2D eigenvalue weighted by Gasteiger charge is 2.30. The van der Waals surface area contributed by atoms with E-state index in [2.05, 4.69) is 27.7 Å². The SMILES string of the molecule is CCCCCCCCCCCCCCCCCCCCC(=O)OC[C@H](COP(=O)(O)OC[C@@H](O)COP(=O)(O)OC[C@@H](COC(=O)CCCCCCCCCCC)OC(=O)CCCCCCCCCCC)OC(=O)CCCCCCCCCCCCCCCCCCCC. The molecular formula is C75H146O17P2. The number of rotatable bonds is 76. The van der Waals surface area contributed by atoms with Crippen molar-refractivity contribution in [3.8, 4) is 0 Å². The van der Waals surface area contributed by atoms with E-state index in [1.54, 1.807) is 0 Å². The summed E-state index contributed by atoms with van der Waals surface area (Å²) >= 11 is 0. The summed E-state index contributed by atoms with van der Waals surface area (Å²) in [4.78, 5) is 72.6. The van der Waals surface area contributed by atoms with Crippen LogP contribution in [0.5, 0.6) is 0 Å². The Kier molecular flexibility index (Phi) is 68.1. The Hall–Kier alpha value is -1.94. The highest BCUT2D eigenvalue weighted by molar-refractivity contribution is 7.47. The van der Waals surface area contributed by atoms with Crippen LogP contribution in [0, 0.1) is 0 Å². The van der Waals surface area contributed by atoms with Gasteiger partial charge in [0.15, 0.2) is 12.2 Å². The zero-order chi connectivity index (χ0) is 69.0. The average Bonchev–Trinajstić information content (AvgIpc) is 1.26. The number of aliphatic hydroxyl groups excluding tert-OH is 1. The van der Waals surface area contributed by atoms with E-state index < -0.39 is 97.5 Å². The monoisotopic (exact) mass is 1380 g/mol. The van der Waals surface area contributed by atoms with E-state index in [4.69, 9.17) is 37.0 Å². The van der Waals surface area contributed by atoms with Gasteiger partial charge in [-0.1, -0.05) is 349 Å². The van der Waals surface area contributed by atoms with Gasteiger partial charge in [-0.2, -0.15) is 0 Å². The number of esters is 4. The summed E-state index contributed by atoms with van der Waals surface area (Å²) in [7, 11) is -9.90. The molecule has 3 N–H and O–H groups in total. The molecule has 17 nitrogen and oxygen atoms in total. The van der Waals surface area contributed by atoms with Crippen molar-refractivity contribution in [2.45, 2.75) is 418 Å². The molecule has 0 aliphatic rings. The Morgan fingerprint density at radius 1 is 0.255 bits per heavy atom. The number of unbranched alkanes of at least 4 members (excludes halogenated alkanes) is 50. The number of ether oxygens (including phenoxy) is 4. The Balaban J connectivity index is 5.18. The van der Waals surface area contributed by atoms with Gasteiger partial charge < -0.3 is 33.8 Å². The molecule has 0 aliphatic carbocycles. The first-order chi connectivity index (χ1) is 45.7. The highest BCUT2D eigenvalue weighted by atomic mass is 31.2. The van der Waals surface area contributed by atoms with Crippen LogP contribution in [0.1, 0.15) is 400 Å². The van der Waals surface area contributed by atoms with Crippen LogP contribution in [-0.2, 0) is 65.4 Å². The van der Waals surface area contributed by atoms with Gasteiger partial charge in [0.1, 0.15) is 19.3 Å². The average molecular weight is 1380 g/mol. The minimum absolute atomic E-state index is 0.106. The van der Waals surface area contributed by atoms with E-state index in [9.17, 15) is 43.2 Å². The number of hydrogen-bond acceptors (Lipinski definition) is 15. The summed E-state index contributed by atoms with van der Waals surface area (Å²) in [5, 5.41) is 10.6. The van der Waals surface area contributed by atoms with Crippen molar-refractivity contribution in [1.29, 1.82) is 0 Å². The van der Waals surface area contributed by atoms with E-state index in [-0.39, 0.29) is 25.7 Å². The van der Waals surface area contributed by atoms with Crippen LogP contribution < -0.4 is 0 Å². The van der Waals surface area contributed by atoms with E-state index in [0.29, 0.717) is 25.7 Å². The molecule has 0 amide bonds. The maximum atomic E-state index is 13.1. The van der Waals surface area contributed by atoms with Crippen molar-refractivity contribution in [3.63, 3.8) is 0 Å². The lowest BCUT2D eigenvalue weighted by molar-refractivity contribution is -0.161. The lowest BCUT2D eigenvalue weighted by Crippen LogP contribution is -2.30. The van der Waals surface area contributed by atoms with E-state index in [1.165, 1.54) is 231 Å². The predicted molar refractivity (Wildman–Crippen MR) is 382 cm³/mol. The van der Waals surface area contributed by atoms with Gasteiger partial charge in [0.25, 0.3) is 0 Å². The molecule has 94 heavy (non-hydrogen) atoms. The molecule has 0 spiro atoms. The van der Waals surface area contributed by atoms with Gasteiger partial charge >= 0.3 is 39.5 Å². The third kappa shape index (κ3) is 68.6. The van der Waals surface area contributed by atoms with Gasteiger partial charge in [0, 0.05) is 25.7 Å². The standard InChI is InChI=1S/C75H146O17P2/c1-5-9-13-17-21-25-27-29-31-33-35-37-39-41-45-48-52-56-60-73(78)86-66-71(92-75(80)62-58-54-50-46-42-40-38-36-34-32-30-28-26-22-18-14-10-6-2)68-90-94(83,84)88-64-69(76)63-87-93(81,82)89-67-70(91-74(79)61-57-53-49-44-24-20-16-12-8-4)65-85-72(77)59-55-51-47-43-23-19-15-11-7-3/h69-71,76H,5-68H2,1-4H3,(H,81,82)(H,83,84)/t69-,70+,71+/m0/s1. The van der Waals surface area contributed by atoms with Gasteiger partial charge in [-0.15, -0.1) is 0 Å². The van der Waals surface area contributed by atoms with Crippen LogP contribution >= 0.6 is 15.6 Å². The largest absolute Gasteiger partial charge is 0.472 e. The quantitative estimate of drug-likeness (QED) is 0.0222. The van der Waals surface area contributed by atoms with Crippen LogP contribution in [0.4, 0.5) is 0 Å². The lowest BCUT2D eigenvalue weighted by atomic mass is 10.0. The molecule has 5 atom stereocenters. The molecule has 558 valence electrons. The molecule has 0 rings (SSSR count). The zero-order valence-corrected chi connectivity index (χ0v) is 62.7. The molecule has 0 aromatic rings. The Bertz CT molecular complexity index is 1790. The van der Waals surface area contributed by atoms with Gasteiger partial charge in [0.2, 0.25) is 0 Å². The number of carbonyl (C=O) groups excluding carboxylic acids is 4. The van der Waals surface area contributed by atoms with E-state index in [0.717, 1.165) is 89.9 Å². The Morgan fingerprint density at radius 2 is 0.426 bits per heavy atom. The molecule has 0 saturated carbocycles. The molecule has 0 aromatic heterocycles. The lowest BCUT2D eigenvalue weighted by Gasteiger charge is -2.21. The molecular weight excluding hydrogens is 1230 g/mol. The summed E-state index contributed by atoms with van der Waals surface area (Å²) in [5.74, 6) is -2.12. The number of aliphatic hydroxyl groups is 1. The minimum Gasteiger partial charge on any atom is -0.462 e. The van der Waals surface area contributed by atoms with Crippen LogP contribution in [-0.4, -0.2) is 96.7 Å². The predicted octanol–water partition coefficient (Wildman–Crippen LogP) is 22.2. The molecule has 0 heterocycles. The first-order valence-corrected chi connectivity index (χ1v) is 42.3. The van der Waals surface area contributed by atoms with Crippen molar-refractivity contribution < 1.29 is 80.2 Å². The first kappa shape index (κ1) is 92.1. The van der Waals surface area contributed by atoms with Crippen molar-refractivity contribution in [3.05, 3.63) is 0 Å². The topological polar surface area (TPSA) is 237 Å². The fraction of sp³-hybridized carbons (Fsp3) is 0.947. The van der Waals surface area contributed by atoms with Crippen LogP contribution in [0.3, 0.4) is 0 Å². The molecule has 0 radical (unpaired) electrons. The second kappa shape index (κ2) is 69.5. The van der Waals surface area contributed by atoms with Gasteiger partial charge in [-0.05, 0) is 25.7 Å². The third-order valence-electron chi connectivity index (χ3n) is 17.6. The Labute approximate surface area is 575 Å². The molecule has 0 aliphatic heterocycles. The summed E-state index contributed by atoms with van der Waals surface area (Å²) in [6, 6.07) is 0. The summed E-state index contributed by atoms with van der Waals surface area (Å²) in [6.07, 6.45) is 59.7. The van der Waals surface area contributed by atoms with Crippen molar-refractivity contribution >= 4 is 39.5 Å². The molecule has 0 aromatic carbocycles. The third-order valence-corrected chi connectivity index (χ3v) is 19.5. The van der Waals surface area contributed by atoms with Crippen molar-refractivity contribution in [2.24, 2.45) is 0 Å². The summed E-state index contributed by atoms with van der Waals surface area (Å²) in [6.45, 7) is 4.95. The number of hydrogen-bond donors (Lipinski definition) is 3. The van der Waals surface area contributed by atoms with E-state index in [1.807, 2.05) is 0 Å². The first-order valence-electron chi connectivity index (χ1n) is 39.3. The normalized spacial score (nSPS) is 13.9. The Morgan fingerprint density at radius 3 is 0.628 bits per heavy atom. The highest BCUT2D eigenvalue weighted by Crippen LogP contribution is 2.45. The maximum Gasteiger partial charge on any atom is 0.472 e. The fourth-order valence-corrected chi connectivity index (χ4v) is 13.2. The molecule has 19 heteroatoms. The zero-order valence-electron chi connectivity index (χ0n) is 60.9. The molecule has 0 fully saturated rings. The second-order valence-electron chi connectivity index (χ2n) is 27.0. The number of phosphoric ester groups is 2. The fourth-order valence-electron chi connectivity index (χ4n) is 11.6. The molecule has 2 unspecified atom stereocenters. The molecule has 0 bridgehead atoms. The van der Waals surface area contributed by atoms with E-state index >= 15 is 0 Å². The van der Waals surface area contributed by atoms with Gasteiger partial charge in [-0.3, -0.25) is 37.3 Å². The number of carbonyl (C=O) groups is 4. The van der Waals surface area contributed by atoms with Gasteiger partial charge in [-0.25, -0.2) is 9.13 Å². The van der Waals surface area contributed by atoms with Crippen molar-refractivity contribution in [2.75, 3.05) is 39.6 Å². The van der Waals surface area contributed by atoms with Crippen LogP contribution in [0.25, 0.3) is 0 Å². The summed E-state index contributed by atoms with van der Waals surface area (Å²) in [5.41, 5.74) is 0. The smallest absolute Gasteiger partial charge is 0.462 e. The number of phosphoric acid groups is 2. The van der Waals surface area contributed by atoms with Crippen molar-refractivity contribution in [1.82, 2.24) is 0 Å². The van der Waals surface area contributed by atoms with Gasteiger partial charge in [0.05, 0.1) is 26.4 Å². The molecule has 0 saturated heterocycles. The maximum absolute atomic E-state index is 13.1. The van der Waals surface area contributed by atoms with Crippen LogP contribution in [0.15, 0.2) is 0 Å². The summed E-state index contributed by atoms with van der Waals surface area (Å²) < 4.78 is 68.4. The van der Waals surface area contributed by atoms with Crippen LogP contribution in [0.2, 0.25) is 0 Å². The minimum atomic E-state index is -4.95. The second-order valence-corrected chi connectivity index (χ2v) is 29.9.